The molecule has 2 atom stereocenters. The minimum atomic E-state index is 0.111. The van der Waals surface area contributed by atoms with E-state index in [-0.39, 0.29) is 18.1 Å². The first-order valence-corrected chi connectivity index (χ1v) is 8.13. The van der Waals surface area contributed by atoms with E-state index in [2.05, 4.69) is 31.9 Å². The van der Waals surface area contributed by atoms with Gasteiger partial charge in [0.25, 0.3) is 5.91 Å². The Bertz CT molecular complexity index is 506. The van der Waals surface area contributed by atoms with Gasteiger partial charge >= 0.3 is 0 Å². The van der Waals surface area contributed by atoms with Crippen molar-refractivity contribution >= 4 is 37.8 Å². The van der Waals surface area contributed by atoms with Crippen molar-refractivity contribution in [2.45, 2.75) is 31.4 Å². The number of benzene rings is 1. The van der Waals surface area contributed by atoms with E-state index in [9.17, 15) is 4.79 Å². The lowest BCUT2D eigenvalue weighted by molar-refractivity contribution is -0.0445. The first-order valence-electron chi connectivity index (χ1n) is 6.54. The van der Waals surface area contributed by atoms with Crippen LogP contribution in [0, 0.1) is 0 Å². The van der Waals surface area contributed by atoms with Crippen molar-refractivity contribution in [1.29, 1.82) is 0 Å². The van der Waals surface area contributed by atoms with Gasteiger partial charge in [0.15, 0.2) is 0 Å². The van der Waals surface area contributed by atoms with Crippen molar-refractivity contribution in [3.63, 3.8) is 0 Å². The van der Waals surface area contributed by atoms with Crippen molar-refractivity contribution in [2.24, 2.45) is 0 Å². The second-order valence-corrected chi connectivity index (χ2v) is 6.80. The molecular weight excluding hydrogens is 374 g/mol. The zero-order valence-electron chi connectivity index (χ0n) is 10.4. The molecule has 2 fully saturated rings. The number of hydrogen-bond donors (Lipinski definition) is 0. The topological polar surface area (TPSA) is 29.5 Å². The van der Waals surface area contributed by atoms with Gasteiger partial charge in [0.1, 0.15) is 0 Å². The van der Waals surface area contributed by atoms with Crippen LogP contribution in [-0.4, -0.2) is 36.1 Å². The van der Waals surface area contributed by atoms with Gasteiger partial charge in [-0.05, 0) is 53.4 Å². The van der Waals surface area contributed by atoms with Crippen LogP contribution < -0.4 is 0 Å². The summed E-state index contributed by atoms with van der Waals surface area (Å²) in [4.78, 5) is 14.7. The van der Waals surface area contributed by atoms with E-state index in [1.165, 1.54) is 0 Å². The van der Waals surface area contributed by atoms with Gasteiger partial charge in [0, 0.05) is 15.5 Å². The molecule has 0 bridgehead atoms. The number of hydrogen-bond acceptors (Lipinski definition) is 2. The molecule has 1 heterocycles. The zero-order chi connectivity index (χ0) is 13.4. The number of fused-ring (bicyclic) bond motifs is 1. The molecule has 0 aromatic heterocycles. The normalized spacial score (nSPS) is 26.3. The largest absolute Gasteiger partial charge is 0.374 e. The molecule has 1 aromatic carbocycles. The van der Waals surface area contributed by atoms with Gasteiger partial charge in [-0.1, -0.05) is 15.9 Å². The van der Waals surface area contributed by atoms with Crippen molar-refractivity contribution in [1.82, 2.24) is 4.90 Å². The number of amides is 1. The fourth-order valence-corrected chi connectivity index (χ4v) is 4.21. The molecule has 0 radical (unpaired) electrons. The SMILES string of the molecule is O=C(c1ccc(Br)cc1Br)N1CCOC2CCCC21. The van der Waals surface area contributed by atoms with Crippen molar-refractivity contribution < 1.29 is 9.53 Å². The van der Waals surface area contributed by atoms with Crippen molar-refractivity contribution in [3.8, 4) is 0 Å². The molecule has 1 amide bonds. The van der Waals surface area contributed by atoms with Crippen LogP contribution in [0.15, 0.2) is 27.1 Å². The van der Waals surface area contributed by atoms with Crippen LogP contribution in [0.5, 0.6) is 0 Å². The third-order valence-corrected chi connectivity index (χ3v) is 5.05. The summed E-state index contributed by atoms with van der Waals surface area (Å²) in [6.45, 7) is 1.35. The number of carbonyl (C=O) groups excluding carboxylic acids is 1. The molecule has 2 aliphatic rings. The molecule has 1 aromatic rings. The van der Waals surface area contributed by atoms with E-state index in [0.29, 0.717) is 13.2 Å². The van der Waals surface area contributed by atoms with Gasteiger partial charge in [0.2, 0.25) is 0 Å². The number of carbonyl (C=O) groups is 1. The second-order valence-electron chi connectivity index (χ2n) is 5.03. The Morgan fingerprint density at radius 1 is 1.32 bits per heavy atom. The molecule has 5 heteroatoms. The third kappa shape index (κ3) is 2.60. The van der Waals surface area contributed by atoms with Gasteiger partial charge in [-0.2, -0.15) is 0 Å². The highest BCUT2D eigenvalue weighted by molar-refractivity contribution is 9.11. The summed E-state index contributed by atoms with van der Waals surface area (Å²) in [5.41, 5.74) is 0.732. The highest BCUT2D eigenvalue weighted by Crippen LogP contribution is 2.32. The Kier molecular flexibility index (Phi) is 3.96. The fraction of sp³-hybridized carbons (Fsp3) is 0.500. The molecule has 1 aliphatic carbocycles. The molecule has 3 nitrogen and oxygen atoms in total. The van der Waals surface area contributed by atoms with E-state index < -0.39 is 0 Å². The van der Waals surface area contributed by atoms with E-state index in [0.717, 1.165) is 33.8 Å². The lowest BCUT2D eigenvalue weighted by atomic mass is 10.1. The Morgan fingerprint density at radius 2 is 2.16 bits per heavy atom. The standard InChI is InChI=1S/C14H15Br2NO2/c15-9-4-5-10(11(16)8-9)14(18)17-6-7-19-13-3-1-2-12(13)17/h4-5,8,12-13H,1-3,6-7H2. The molecule has 1 saturated heterocycles. The second kappa shape index (κ2) is 5.54. The maximum absolute atomic E-state index is 12.7. The van der Waals surface area contributed by atoms with Crippen LogP contribution in [0.25, 0.3) is 0 Å². The van der Waals surface area contributed by atoms with E-state index in [1.54, 1.807) is 0 Å². The Balaban J connectivity index is 1.86. The molecule has 1 aliphatic heterocycles. The van der Waals surface area contributed by atoms with Gasteiger partial charge in [-0.25, -0.2) is 0 Å². The van der Waals surface area contributed by atoms with Crippen LogP contribution in [0.3, 0.4) is 0 Å². The summed E-state index contributed by atoms with van der Waals surface area (Å²) >= 11 is 6.89. The number of rotatable bonds is 1. The molecular formula is C14H15Br2NO2. The average Bonchev–Trinajstić information content (AvgIpc) is 2.86. The first kappa shape index (κ1) is 13.6. The minimum absolute atomic E-state index is 0.111. The summed E-state index contributed by atoms with van der Waals surface area (Å²) in [6.07, 6.45) is 3.54. The lowest BCUT2D eigenvalue weighted by Crippen LogP contribution is -2.51. The zero-order valence-corrected chi connectivity index (χ0v) is 13.6. The van der Waals surface area contributed by atoms with Gasteiger partial charge < -0.3 is 9.64 Å². The van der Waals surface area contributed by atoms with E-state index in [4.69, 9.17) is 4.74 Å². The highest BCUT2D eigenvalue weighted by Gasteiger charge is 2.38. The van der Waals surface area contributed by atoms with Crippen LogP contribution in [0.1, 0.15) is 29.6 Å². The van der Waals surface area contributed by atoms with E-state index >= 15 is 0 Å². The predicted octanol–water partition coefficient (Wildman–Crippen LogP) is 3.61. The van der Waals surface area contributed by atoms with Gasteiger partial charge in [0.05, 0.1) is 24.3 Å². The summed E-state index contributed by atoms with van der Waals surface area (Å²) in [5.74, 6) is 0.111. The van der Waals surface area contributed by atoms with Crippen LogP contribution in [-0.2, 0) is 4.74 Å². The number of morpholine rings is 1. The fourth-order valence-electron chi connectivity index (χ4n) is 3.00. The summed E-state index contributed by atoms with van der Waals surface area (Å²) in [6, 6.07) is 5.96. The molecule has 102 valence electrons. The maximum Gasteiger partial charge on any atom is 0.255 e. The van der Waals surface area contributed by atoms with Crippen LogP contribution in [0.4, 0.5) is 0 Å². The molecule has 1 saturated carbocycles. The van der Waals surface area contributed by atoms with Crippen molar-refractivity contribution in [3.05, 3.63) is 32.7 Å². The number of ether oxygens (including phenoxy) is 1. The third-order valence-electron chi connectivity index (χ3n) is 3.90. The first-order chi connectivity index (χ1) is 9.16. The molecule has 0 spiro atoms. The average molecular weight is 389 g/mol. The van der Waals surface area contributed by atoms with Crippen LogP contribution >= 0.6 is 31.9 Å². The monoisotopic (exact) mass is 387 g/mol. The Labute approximate surface area is 129 Å². The Morgan fingerprint density at radius 3 is 2.95 bits per heavy atom. The summed E-state index contributed by atoms with van der Waals surface area (Å²) < 4.78 is 7.56. The molecule has 0 N–H and O–H groups in total. The predicted molar refractivity (Wildman–Crippen MR) is 80.3 cm³/mol. The molecule has 3 rings (SSSR count). The van der Waals surface area contributed by atoms with E-state index in [1.807, 2.05) is 23.1 Å². The van der Waals surface area contributed by atoms with Crippen LogP contribution in [0.2, 0.25) is 0 Å². The van der Waals surface area contributed by atoms with Gasteiger partial charge in [-0.15, -0.1) is 0 Å². The molecule has 19 heavy (non-hydrogen) atoms. The molecule has 2 unspecified atom stereocenters. The minimum Gasteiger partial charge on any atom is -0.374 e. The Hall–Kier alpha value is -0.390. The summed E-state index contributed by atoms with van der Waals surface area (Å²) in [5, 5.41) is 0. The smallest absolute Gasteiger partial charge is 0.255 e. The van der Waals surface area contributed by atoms with Gasteiger partial charge in [-0.3, -0.25) is 4.79 Å². The number of nitrogens with zero attached hydrogens (tertiary/aromatic N) is 1. The highest BCUT2D eigenvalue weighted by atomic mass is 79.9. The lowest BCUT2D eigenvalue weighted by Gasteiger charge is -2.37. The summed E-state index contributed by atoms with van der Waals surface area (Å²) in [7, 11) is 0. The maximum atomic E-state index is 12.7. The quantitative estimate of drug-likeness (QED) is 0.735. The number of halogens is 2. The van der Waals surface area contributed by atoms with Crippen molar-refractivity contribution in [2.75, 3.05) is 13.2 Å².